The van der Waals surface area contributed by atoms with Crippen LogP contribution < -0.4 is 15.4 Å². The first-order chi connectivity index (χ1) is 10.4. The third-order valence-electron chi connectivity index (χ3n) is 2.79. The standard InChI is InChI=1S/C16H22N2O4/c1-4-14(19)12-5-7-13(8-6-12)22-10-15(20)18-16(21)17-9-11(2)3/h5-8,11H,4,9-10H2,1-3H3,(H2,17,18,20,21). The van der Waals surface area contributed by atoms with Crippen molar-refractivity contribution in [3.8, 4) is 5.75 Å². The largest absolute Gasteiger partial charge is 0.484 e. The van der Waals surface area contributed by atoms with E-state index in [2.05, 4.69) is 10.6 Å². The number of carbonyl (C=O) groups is 3. The van der Waals surface area contributed by atoms with E-state index in [-0.39, 0.29) is 12.4 Å². The molecule has 3 amide bonds. The van der Waals surface area contributed by atoms with Crippen LogP contribution in [0.2, 0.25) is 0 Å². The van der Waals surface area contributed by atoms with E-state index in [9.17, 15) is 14.4 Å². The average Bonchev–Trinajstić information content (AvgIpc) is 2.50. The molecule has 1 rings (SSSR count). The van der Waals surface area contributed by atoms with Crippen LogP contribution in [0.15, 0.2) is 24.3 Å². The van der Waals surface area contributed by atoms with Gasteiger partial charge in [0.25, 0.3) is 5.91 Å². The third-order valence-corrected chi connectivity index (χ3v) is 2.79. The van der Waals surface area contributed by atoms with Crippen LogP contribution in [-0.4, -0.2) is 30.9 Å². The highest BCUT2D eigenvalue weighted by Gasteiger charge is 2.09. The van der Waals surface area contributed by atoms with Gasteiger partial charge in [-0.05, 0) is 30.2 Å². The van der Waals surface area contributed by atoms with Crippen molar-refractivity contribution < 1.29 is 19.1 Å². The molecule has 120 valence electrons. The van der Waals surface area contributed by atoms with Gasteiger partial charge < -0.3 is 10.1 Å². The summed E-state index contributed by atoms with van der Waals surface area (Å²) < 4.78 is 5.26. The molecule has 22 heavy (non-hydrogen) atoms. The first-order valence-electron chi connectivity index (χ1n) is 7.26. The summed E-state index contributed by atoms with van der Waals surface area (Å²) in [5.74, 6) is 0.285. The Morgan fingerprint density at radius 1 is 1.14 bits per heavy atom. The maximum Gasteiger partial charge on any atom is 0.321 e. The Labute approximate surface area is 130 Å². The lowest BCUT2D eigenvalue weighted by Crippen LogP contribution is -2.42. The minimum absolute atomic E-state index is 0.0473. The van der Waals surface area contributed by atoms with Gasteiger partial charge in [0.2, 0.25) is 0 Å². The molecule has 1 aromatic rings. The van der Waals surface area contributed by atoms with Gasteiger partial charge in [0.05, 0.1) is 0 Å². The first kappa shape index (κ1) is 17.7. The van der Waals surface area contributed by atoms with Gasteiger partial charge in [0.15, 0.2) is 12.4 Å². The Morgan fingerprint density at radius 2 is 1.77 bits per heavy atom. The zero-order valence-electron chi connectivity index (χ0n) is 13.1. The van der Waals surface area contributed by atoms with E-state index < -0.39 is 11.9 Å². The molecule has 0 saturated heterocycles. The number of Topliss-reactive ketones (excluding diaryl/α,β-unsaturated/α-hetero) is 1. The molecule has 0 aromatic heterocycles. The number of nitrogens with one attached hydrogen (secondary N) is 2. The van der Waals surface area contributed by atoms with E-state index in [1.807, 2.05) is 13.8 Å². The smallest absolute Gasteiger partial charge is 0.321 e. The minimum atomic E-state index is -0.536. The summed E-state index contributed by atoms with van der Waals surface area (Å²) in [6.45, 7) is 5.93. The van der Waals surface area contributed by atoms with E-state index >= 15 is 0 Å². The van der Waals surface area contributed by atoms with Crippen LogP contribution >= 0.6 is 0 Å². The number of hydrogen-bond acceptors (Lipinski definition) is 4. The molecule has 0 bridgehead atoms. The van der Waals surface area contributed by atoms with E-state index in [1.165, 1.54) is 0 Å². The molecule has 0 radical (unpaired) electrons. The molecule has 6 heteroatoms. The normalized spacial score (nSPS) is 10.2. The zero-order chi connectivity index (χ0) is 16.5. The predicted molar refractivity (Wildman–Crippen MR) is 82.9 cm³/mol. The molecule has 0 unspecified atom stereocenters. The number of ketones is 1. The summed E-state index contributed by atoms with van der Waals surface area (Å²) in [4.78, 5) is 34.4. The van der Waals surface area contributed by atoms with Crippen LogP contribution in [0.3, 0.4) is 0 Å². The van der Waals surface area contributed by atoms with E-state index in [1.54, 1.807) is 31.2 Å². The van der Waals surface area contributed by atoms with Crippen molar-refractivity contribution >= 4 is 17.7 Å². The van der Waals surface area contributed by atoms with Crippen molar-refractivity contribution in [3.63, 3.8) is 0 Å². The monoisotopic (exact) mass is 306 g/mol. The van der Waals surface area contributed by atoms with Crippen LogP contribution in [-0.2, 0) is 4.79 Å². The topological polar surface area (TPSA) is 84.5 Å². The van der Waals surface area contributed by atoms with Crippen molar-refractivity contribution in [2.24, 2.45) is 5.92 Å². The highest BCUT2D eigenvalue weighted by Crippen LogP contribution is 2.13. The molecule has 0 spiro atoms. The number of hydrogen-bond donors (Lipinski definition) is 2. The maximum absolute atomic E-state index is 11.5. The van der Waals surface area contributed by atoms with Crippen molar-refractivity contribution in [3.05, 3.63) is 29.8 Å². The molecule has 0 atom stereocenters. The maximum atomic E-state index is 11.5. The van der Waals surface area contributed by atoms with Crippen molar-refractivity contribution in [1.29, 1.82) is 0 Å². The Morgan fingerprint density at radius 3 is 2.32 bits per heavy atom. The fourth-order valence-electron chi connectivity index (χ4n) is 1.59. The molecule has 2 N–H and O–H groups in total. The molecule has 6 nitrogen and oxygen atoms in total. The fourth-order valence-corrected chi connectivity index (χ4v) is 1.59. The highest BCUT2D eigenvalue weighted by atomic mass is 16.5. The molecule has 0 fully saturated rings. The van der Waals surface area contributed by atoms with Gasteiger partial charge in [-0.2, -0.15) is 0 Å². The molecule has 0 aliphatic rings. The fraction of sp³-hybridized carbons (Fsp3) is 0.438. The molecule has 0 saturated carbocycles. The lowest BCUT2D eigenvalue weighted by Gasteiger charge is -2.09. The predicted octanol–water partition coefficient (Wildman–Crippen LogP) is 2.14. The zero-order valence-corrected chi connectivity index (χ0v) is 13.1. The quantitative estimate of drug-likeness (QED) is 0.756. The number of amides is 3. The minimum Gasteiger partial charge on any atom is -0.484 e. The van der Waals surface area contributed by atoms with Crippen molar-refractivity contribution in [2.75, 3.05) is 13.2 Å². The third kappa shape index (κ3) is 6.39. The van der Waals surface area contributed by atoms with Gasteiger partial charge in [-0.25, -0.2) is 4.79 Å². The van der Waals surface area contributed by atoms with Crippen molar-refractivity contribution in [2.45, 2.75) is 27.2 Å². The number of carbonyl (C=O) groups excluding carboxylic acids is 3. The number of benzene rings is 1. The van der Waals surface area contributed by atoms with Crippen LogP contribution in [0, 0.1) is 5.92 Å². The lowest BCUT2D eigenvalue weighted by atomic mass is 10.1. The molecule has 0 aliphatic heterocycles. The van der Waals surface area contributed by atoms with Crippen LogP contribution in [0.4, 0.5) is 4.79 Å². The van der Waals surface area contributed by atoms with E-state index in [0.717, 1.165) is 0 Å². The summed E-state index contributed by atoms with van der Waals surface area (Å²) in [6, 6.07) is 6.00. The van der Waals surface area contributed by atoms with Crippen LogP contribution in [0.1, 0.15) is 37.6 Å². The summed E-state index contributed by atoms with van der Waals surface area (Å²) >= 11 is 0. The number of ether oxygens (including phenoxy) is 1. The number of imide groups is 1. The van der Waals surface area contributed by atoms with Crippen molar-refractivity contribution in [1.82, 2.24) is 10.6 Å². The molecular weight excluding hydrogens is 284 g/mol. The second-order valence-corrected chi connectivity index (χ2v) is 5.24. The second-order valence-electron chi connectivity index (χ2n) is 5.24. The van der Waals surface area contributed by atoms with Crippen LogP contribution in [0.25, 0.3) is 0 Å². The summed E-state index contributed by atoms with van der Waals surface area (Å²) in [6.07, 6.45) is 0.439. The van der Waals surface area contributed by atoms with Gasteiger partial charge in [-0.3, -0.25) is 14.9 Å². The summed E-state index contributed by atoms with van der Waals surface area (Å²) in [5, 5.41) is 4.75. The molecule has 1 aromatic carbocycles. The molecule has 0 aliphatic carbocycles. The van der Waals surface area contributed by atoms with Gasteiger partial charge in [-0.15, -0.1) is 0 Å². The van der Waals surface area contributed by atoms with Gasteiger partial charge in [-0.1, -0.05) is 20.8 Å². The summed E-state index contributed by atoms with van der Waals surface area (Å²) in [5.41, 5.74) is 0.604. The van der Waals surface area contributed by atoms with Crippen LogP contribution in [0.5, 0.6) is 5.75 Å². The van der Waals surface area contributed by atoms with Gasteiger partial charge in [0.1, 0.15) is 5.75 Å². The van der Waals surface area contributed by atoms with E-state index in [0.29, 0.717) is 30.2 Å². The molecule has 0 heterocycles. The average molecular weight is 306 g/mol. The lowest BCUT2D eigenvalue weighted by molar-refractivity contribution is -0.122. The second kappa shape index (κ2) is 8.81. The first-order valence-corrected chi connectivity index (χ1v) is 7.26. The highest BCUT2D eigenvalue weighted by molar-refractivity contribution is 5.96. The number of rotatable bonds is 7. The molecular formula is C16H22N2O4. The Hall–Kier alpha value is -2.37. The Bertz CT molecular complexity index is 523. The van der Waals surface area contributed by atoms with E-state index in [4.69, 9.17) is 4.74 Å². The van der Waals surface area contributed by atoms with Gasteiger partial charge >= 0.3 is 6.03 Å². The SMILES string of the molecule is CCC(=O)c1ccc(OCC(=O)NC(=O)NCC(C)C)cc1. The number of urea groups is 1. The Kier molecular flexibility index (Phi) is 7.08. The Balaban J connectivity index is 2.37. The van der Waals surface area contributed by atoms with Gasteiger partial charge in [0, 0.05) is 18.5 Å². The summed E-state index contributed by atoms with van der Waals surface area (Å²) in [7, 11) is 0.